The number of hydrogen-bond donors (Lipinski definition) is 1. The summed E-state index contributed by atoms with van der Waals surface area (Å²) < 4.78 is 28.8. The van der Waals surface area contributed by atoms with Gasteiger partial charge >= 0.3 is 5.97 Å². The van der Waals surface area contributed by atoms with E-state index in [0.29, 0.717) is 11.5 Å². The number of aliphatic carboxylic acids is 1. The highest BCUT2D eigenvalue weighted by atomic mass is 19.1. The molecule has 2 atom stereocenters. The van der Waals surface area contributed by atoms with Crippen LogP contribution in [0.1, 0.15) is 11.5 Å². The normalized spacial score (nSPS) is 20.3. The molecule has 1 fully saturated rings. The molecule has 0 aliphatic carbocycles. The first-order valence-corrected chi connectivity index (χ1v) is 7.62. The molecule has 9 heteroatoms. The van der Waals surface area contributed by atoms with Gasteiger partial charge in [-0.2, -0.15) is 4.52 Å². The van der Waals surface area contributed by atoms with Crippen LogP contribution in [0.5, 0.6) is 0 Å². The Labute approximate surface area is 140 Å². The maximum absolute atomic E-state index is 14.1. The summed E-state index contributed by atoms with van der Waals surface area (Å²) in [5.41, 5.74) is 0.764. The van der Waals surface area contributed by atoms with Crippen LogP contribution in [0.2, 0.25) is 0 Å². The van der Waals surface area contributed by atoms with Crippen molar-refractivity contribution in [2.24, 2.45) is 5.92 Å². The molecule has 25 heavy (non-hydrogen) atoms. The molecule has 0 amide bonds. The maximum atomic E-state index is 14.1. The van der Waals surface area contributed by atoms with Crippen molar-refractivity contribution in [3.05, 3.63) is 53.9 Å². The Balaban J connectivity index is 1.69. The number of carboxylic acids is 1. The van der Waals surface area contributed by atoms with Gasteiger partial charge in [-0.15, -0.1) is 15.3 Å². The van der Waals surface area contributed by atoms with Crippen LogP contribution in [-0.4, -0.2) is 44.0 Å². The number of rotatable bonds is 3. The number of carboxylic acid groups (broad SMARTS) is 1. The number of aromatic nitrogens is 4. The Morgan fingerprint density at radius 3 is 2.80 bits per heavy atom. The van der Waals surface area contributed by atoms with E-state index in [9.17, 15) is 18.7 Å². The molecule has 1 aliphatic rings. The molecule has 7 nitrogen and oxygen atoms in total. The van der Waals surface area contributed by atoms with Gasteiger partial charge in [-0.25, -0.2) is 8.78 Å². The molecule has 0 saturated carbocycles. The number of anilines is 1. The fraction of sp³-hybridized carbons (Fsp3) is 0.250. The van der Waals surface area contributed by atoms with Crippen molar-refractivity contribution >= 4 is 17.4 Å². The summed E-state index contributed by atoms with van der Waals surface area (Å²) in [5, 5.41) is 21.5. The zero-order valence-corrected chi connectivity index (χ0v) is 12.9. The number of fused-ring (bicyclic) bond motifs is 1. The molecule has 0 radical (unpaired) electrons. The van der Waals surface area contributed by atoms with Crippen LogP contribution in [-0.2, 0) is 4.79 Å². The minimum atomic E-state index is -1.03. The third-order valence-corrected chi connectivity index (χ3v) is 4.47. The van der Waals surface area contributed by atoms with Gasteiger partial charge in [0.25, 0.3) is 0 Å². The van der Waals surface area contributed by atoms with Crippen LogP contribution in [0, 0.1) is 17.6 Å². The molecular formula is C16H13F2N5O2. The summed E-state index contributed by atoms with van der Waals surface area (Å²) in [6.45, 7) is 0.442. The summed E-state index contributed by atoms with van der Waals surface area (Å²) in [7, 11) is 0. The first kappa shape index (κ1) is 15.4. The lowest BCUT2D eigenvalue weighted by atomic mass is 9.88. The largest absolute Gasteiger partial charge is 0.481 e. The topological polar surface area (TPSA) is 83.6 Å². The molecule has 1 aliphatic heterocycles. The summed E-state index contributed by atoms with van der Waals surface area (Å²) >= 11 is 0. The number of nitrogens with zero attached hydrogens (tertiary/aromatic N) is 5. The molecule has 2 aromatic heterocycles. The van der Waals surface area contributed by atoms with E-state index in [1.807, 2.05) is 0 Å². The SMILES string of the molecule is O=C(O)[C@@H]1CN(c2ccc3nncn3n2)C[C@@H]1c1ccc(F)cc1F. The second-order valence-corrected chi connectivity index (χ2v) is 5.95. The van der Waals surface area contributed by atoms with Crippen molar-refractivity contribution in [1.82, 2.24) is 19.8 Å². The van der Waals surface area contributed by atoms with Crippen LogP contribution in [0.25, 0.3) is 5.65 Å². The predicted octanol–water partition coefficient (Wildman–Crippen LogP) is 1.71. The zero-order valence-electron chi connectivity index (χ0n) is 12.9. The van der Waals surface area contributed by atoms with Gasteiger partial charge in [-0.1, -0.05) is 6.07 Å². The van der Waals surface area contributed by atoms with E-state index in [1.54, 1.807) is 17.0 Å². The minimum Gasteiger partial charge on any atom is -0.481 e. The van der Waals surface area contributed by atoms with Gasteiger partial charge in [0.1, 0.15) is 23.8 Å². The fourth-order valence-electron chi connectivity index (χ4n) is 3.25. The predicted molar refractivity (Wildman–Crippen MR) is 83.2 cm³/mol. The van der Waals surface area contributed by atoms with E-state index in [-0.39, 0.29) is 18.7 Å². The minimum absolute atomic E-state index is 0.178. The summed E-state index contributed by atoms with van der Waals surface area (Å²) in [5.74, 6) is -3.33. The van der Waals surface area contributed by atoms with Crippen LogP contribution >= 0.6 is 0 Å². The smallest absolute Gasteiger partial charge is 0.308 e. The molecule has 0 spiro atoms. The van der Waals surface area contributed by atoms with Gasteiger partial charge in [-0.3, -0.25) is 4.79 Å². The quantitative estimate of drug-likeness (QED) is 0.778. The first-order chi connectivity index (χ1) is 12.0. The average Bonchev–Trinajstić information content (AvgIpc) is 3.21. The van der Waals surface area contributed by atoms with Crippen LogP contribution in [0.3, 0.4) is 0 Å². The lowest BCUT2D eigenvalue weighted by Gasteiger charge is -2.17. The van der Waals surface area contributed by atoms with E-state index in [1.165, 1.54) is 16.9 Å². The first-order valence-electron chi connectivity index (χ1n) is 7.62. The third kappa shape index (κ3) is 2.67. The van der Waals surface area contributed by atoms with E-state index in [4.69, 9.17) is 0 Å². The molecule has 3 aromatic rings. The summed E-state index contributed by atoms with van der Waals surface area (Å²) in [6, 6.07) is 6.66. The van der Waals surface area contributed by atoms with Gasteiger partial charge < -0.3 is 10.0 Å². The van der Waals surface area contributed by atoms with Crippen molar-refractivity contribution in [3.8, 4) is 0 Å². The number of halogens is 2. The molecule has 4 rings (SSSR count). The average molecular weight is 345 g/mol. The highest BCUT2D eigenvalue weighted by Gasteiger charge is 2.40. The Kier molecular flexibility index (Phi) is 3.56. The van der Waals surface area contributed by atoms with Crippen molar-refractivity contribution in [2.45, 2.75) is 5.92 Å². The molecule has 0 bridgehead atoms. The van der Waals surface area contributed by atoms with Crippen molar-refractivity contribution in [2.75, 3.05) is 18.0 Å². The molecule has 1 aromatic carbocycles. The van der Waals surface area contributed by atoms with Crippen LogP contribution < -0.4 is 4.90 Å². The van der Waals surface area contributed by atoms with E-state index in [2.05, 4.69) is 15.3 Å². The Morgan fingerprint density at radius 1 is 1.20 bits per heavy atom. The molecular weight excluding hydrogens is 332 g/mol. The van der Waals surface area contributed by atoms with Gasteiger partial charge in [0.2, 0.25) is 0 Å². The Hall–Kier alpha value is -3.10. The molecule has 0 unspecified atom stereocenters. The fourth-order valence-corrected chi connectivity index (χ4v) is 3.25. The molecule has 3 heterocycles. The van der Waals surface area contributed by atoms with Crippen molar-refractivity contribution < 1.29 is 18.7 Å². The maximum Gasteiger partial charge on any atom is 0.308 e. The number of benzene rings is 1. The standard InChI is InChI=1S/C16H13F2N5O2/c17-9-1-2-10(13(18)5-9)11-6-22(7-12(11)16(24)25)15-4-3-14-20-19-8-23(14)21-15/h1-5,8,11-12H,6-7H2,(H,24,25)/t11-,12-/m1/s1. The molecule has 128 valence electrons. The van der Waals surface area contributed by atoms with Crippen LogP contribution in [0.4, 0.5) is 14.6 Å². The number of carbonyl (C=O) groups is 1. The second kappa shape index (κ2) is 5.76. The highest BCUT2D eigenvalue weighted by molar-refractivity contribution is 5.74. The van der Waals surface area contributed by atoms with Gasteiger partial charge in [-0.05, 0) is 23.8 Å². The summed E-state index contributed by atoms with van der Waals surface area (Å²) in [6.07, 6.45) is 1.45. The van der Waals surface area contributed by atoms with Crippen molar-refractivity contribution in [3.63, 3.8) is 0 Å². The van der Waals surface area contributed by atoms with Gasteiger partial charge in [0, 0.05) is 25.1 Å². The lowest BCUT2D eigenvalue weighted by molar-refractivity contribution is -0.141. The van der Waals surface area contributed by atoms with E-state index >= 15 is 0 Å². The zero-order chi connectivity index (χ0) is 17.6. The summed E-state index contributed by atoms with van der Waals surface area (Å²) in [4.78, 5) is 13.4. The third-order valence-electron chi connectivity index (χ3n) is 4.47. The number of hydrogen-bond acceptors (Lipinski definition) is 5. The second-order valence-electron chi connectivity index (χ2n) is 5.95. The van der Waals surface area contributed by atoms with E-state index in [0.717, 1.165) is 12.1 Å². The van der Waals surface area contributed by atoms with Gasteiger partial charge in [0.15, 0.2) is 5.65 Å². The van der Waals surface area contributed by atoms with Crippen molar-refractivity contribution in [1.29, 1.82) is 0 Å². The van der Waals surface area contributed by atoms with Crippen LogP contribution in [0.15, 0.2) is 36.7 Å². The molecule has 1 N–H and O–H groups in total. The Bertz CT molecular complexity index is 961. The van der Waals surface area contributed by atoms with Gasteiger partial charge in [0.05, 0.1) is 5.92 Å². The lowest BCUT2D eigenvalue weighted by Crippen LogP contribution is -2.24. The highest BCUT2D eigenvalue weighted by Crippen LogP contribution is 2.36. The van der Waals surface area contributed by atoms with E-state index < -0.39 is 29.4 Å². The monoisotopic (exact) mass is 345 g/mol. The Morgan fingerprint density at radius 2 is 2.04 bits per heavy atom. The molecule has 1 saturated heterocycles.